The maximum Gasteiger partial charge on any atom is 0.216 e. The maximum atomic E-state index is 5.63. The van der Waals surface area contributed by atoms with Crippen LogP contribution in [0.1, 0.15) is 56.4 Å². The zero-order valence-corrected chi connectivity index (χ0v) is 16.9. The number of aromatic nitrogens is 1. The average Bonchev–Trinajstić information content (AvgIpc) is 3.20. The fraction of sp³-hybridized carbons (Fsp3) is 0.765. The number of halogens is 1. The molecule has 0 radical (unpaired) electrons. The normalized spacial score (nSPS) is 20.1. The van der Waals surface area contributed by atoms with Crippen molar-refractivity contribution in [2.75, 3.05) is 19.6 Å². The van der Waals surface area contributed by atoms with Crippen LogP contribution in [0.3, 0.4) is 0 Å². The Kier molecular flexibility index (Phi) is 6.33. The Balaban J connectivity index is 0.00000192. The molecule has 2 fully saturated rings. The molecule has 0 aromatic carbocycles. The first-order chi connectivity index (χ1) is 10.6. The van der Waals surface area contributed by atoms with Gasteiger partial charge in [0.25, 0.3) is 0 Å². The Morgan fingerprint density at radius 2 is 2.04 bits per heavy atom. The summed E-state index contributed by atoms with van der Waals surface area (Å²) in [6.45, 7) is 9.73. The number of hydrogen-bond acceptors (Lipinski definition) is 3. The number of rotatable bonds is 3. The van der Waals surface area contributed by atoms with E-state index in [2.05, 4.69) is 22.1 Å². The number of hydrogen-bond donors (Lipinski definition) is 1. The van der Waals surface area contributed by atoms with Crippen LogP contribution in [0.25, 0.3) is 0 Å². The van der Waals surface area contributed by atoms with Gasteiger partial charge in [-0.3, -0.25) is 0 Å². The Bertz CT molecular complexity index is 529. The molecule has 1 aromatic heterocycles. The molecule has 23 heavy (non-hydrogen) atoms. The summed E-state index contributed by atoms with van der Waals surface area (Å²) in [6.07, 6.45) is 6.89. The Morgan fingerprint density at radius 1 is 1.30 bits per heavy atom. The summed E-state index contributed by atoms with van der Waals surface area (Å²) in [5.41, 5.74) is 1.52. The van der Waals surface area contributed by atoms with Crippen LogP contribution in [-0.4, -0.2) is 35.5 Å². The second-order valence-electron chi connectivity index (χ2n) is 6.80. The molecular formula is C17H29IN4O. The molecule has 6 heteroatoms. The number of nitrogens with one attached hydrogen (secondary N) is 1. The van der Waals surface area contributed by atoms with Gasteiger partial charge in [-0.25, -0.2) is 9.98 Å². The van der Waals surface area contributed by atoms with E-state index >= 15 is 0 Å². The van der Waals surface area contributed by atoms with Gasteiger partial charge in [0.1, 0.15) is 12.3 Å². The summed E-state index contributed by atoms with van der Waals surface area (Å²) in [5.74, 6) is 2.61. The predicted molar refractivity (Wildman–Crippen MR) is 103 cm³/mol. The lowest BCUT2D eigenvalue weighted by Crippen LogP contribution is -2.41. The van der Waals surface area contributed by atoms with Gasteiger partial charge in [0.2, 0.25) is 5.89 Å². The van der Waals surface area contributed by atoms with Gasteiger partial charge in [0.15, 0.2) is 5.96 Å². The van der Waals surface area contributed by atoms with Crippen molar-refractivity contribution in [2.45, 2.75) is 59.4 Å². The van der Waals surface area contributed by atoms with E-state index in [0.717, 1.165) is 37.0 Å². The van der Waals surface area contributed by atoms with E-state index in [1.165, 1.54) is 32.1 Å². The molecule has 3 rings (SSSR count). The smallest absolute Gasteiger partial charge is 0.216 e. The van der Waals surface area contributed by atoms with Crippen molar-refractivity contribution in [3.05, 3.63) is 17.3 Å². The average molecular weight is 432 g/mol. The van der Waals surface area contributed by atoms with Crippen molar-refractivity contribution in [1.82, 2.24) is 15.2 Å². The molecule has 1 spiro atoms. The highest BCUT2D eigenvalue weighted by atomic mass is 127. The van der Waals surface area contributed by atoms with Gasteiger partial charge in [0, 0.05) is 19.6 Å². The van der Waals surface area contributed by atoms with E-state index in [1.54, 1.807) is 0 Å². The van der Waals surface area contributed by atoms with Gasteiger partial charge in [0.05, 0.1) is 5.69 Å². The molecule has 1 aliphatic heterocycles. The molecule has 0 amide bonds. The van der Waals surface area contributed by atoms with Crippen LogP contribution < -0.4 is 5.32 Å². The van der Waals surface area contributed by atoms with E-state index in [1.807, 2.05) is 13.8 Å². The summed E-state index contributed by atoms with van der Waals surface area (Å²) >= 11 is 0. The van der Waals surface area contributed by atoms with Crippen molar-refractivity contribution >= 4 is 29.9 Å². The molecule has 1 N–H and O–H groups in total. The largest absolute Gasteiger partial charge is 0.444 e. The lowest BCUT2D eigenvalue weighted by atomic mass is 9.86. The van der Waals surface area contributed by atoms with Crippen LogP contribution in [0.15, 0.2) is 9.41 Å². The van der Waals surface area contributed by atoms with Crippen molar-refractivity contribution in [3.63, 3.8) is 0 Å². The molecule has 5 nitrogen and oxygen atoms in total. The predicted octanol–water partition coefficient (Wildman–Crippen LogP) is 3.64. The van der Waals surface area contributed by atoms with E-state index in [-0.39, 0.29) is 24.0 Å². The highest BCUT2D eigenvalue weighted by Crippen LogP contribution is 2.45. The Morgan fingerprint density at radius 3 is 2.65 bits per heavy atom. The third-order valence-electron chi connectivity index (χ3n) is 5.17. The minimum Gasteiger partial charge on any atom is -0.444 e. The number of aliphatic imine (C=N–C) groups is 1. The highest BCUT2D eigenvalue weighted by Gasteiger charge is 2.41. The quantitative estimate of drug-likeness (QED) is 0.450. The summed E-state index contributed by atoms with van der Waals surface area (Å²) in [4.78, 5) is 11.6. The minimum absolute atomic E-state index is 0. The Labute approximate surface area is 156 Å². The summed E-state index contributed by atoms with van der Waals surface area (Å²) in [5, 5.41) is 3.43. The molecule has 2 aliphatic rings. The van der Waals surface area contributed by atoms with Crippen LogP contribution >= 0.6 is 24.0 Å². The van der Waals surface area contributed by atoms with E-state index in [0.29, 0.717) is 17.9 Å². The van der Waals surface area contributed by atoms with Crippen molar-refractivity contribution < 1.29 is 4.42 Å². The van der Waals surface area contributed by atoms with E-state index < -0.39 is 0 Å². The number of likely N-dealkylation sites (tertiary alicyclic amines) is 1. The monoisotopic (exact) mass is 432 g/mol. The molecule has 1 aromatic rings. The summed E-state index contributed by atoms with van der Waals surface area (Å²) in [7, 11) is 0. The van der Waals surface area contributed by atoms with Crippen LogP contribution in [0, 0.1) is 19.3 Å². The third kappa shape index (κ3) is 4.19. The zero-order valence-electron chi connectivity index (χ0n) is 14.5. The molecule has 1 saturated carbocycles. The minimum atomic E-state index is 0. The molecule has 1 saturated heterocycles. The molecule has 1 aliphatic carbocycles. The van der Waals surface area contributed by atoms with Crippen LogP contribution in [0.4, 0.5) is 0 Å². The molecule has 2 heterocycles. The van der Waals surface area contributed by atoms with Crippen LogP contribution in [0.5, 0.6) is 0 Å². The number of guanidine groups is 1. The SMILES string of the molecule is CCNC(=NCc1nc(C)c(C)o1)N1CCC2(CCCC2)C1.I. The Hall–Kier alpha value is -0.790. The lowest BCUT2D eigenvalue weighted by Gasteiger charge is -2.25. The van der Waals surface area contributed by atoms with Gasteiger partial charge in [-0.1, -0.05) is 12.8 Å². The molecule has 130 valence electrons. The number of aryl methyl sites for hydroxylation is 2. The van der Waals surface area contributed by atoms with E-state index in [9.17, 15) is 0 Å². The maximum absolute atomic E-state index is 5.63. The fourth-order valence-electron chi connectivity index (χ4n) is 3.82. The molecule has 0 unspecified atom stereocenters. The molecular weight excluding hydrogens is 403 g/mol. The second-order valence-corrected chi connectivity index (χ2v) is 6.80. The summed E-state index contributed by atoms with van der Waals surface area (Å²) < 4.78 is 5.63. The van der Waals surface area contributed by atoms with Crippen LogP contribution in [-0.2, 0) is 6.54 Å². The molecule has 0 bridgehead atoms. The zero-order chi connectivity index (χ0) is 15.6. The van der Waals surface area contributed by atoms with Crippen molar-refractivity contribution in [1.29, 1.82) is 0 Å². The third-order valence-corrected chi connectivity index (χ3v) is 5.17. The van der Waals surface area contributed by atoms with Crippen molar-refractivity contribution in [2.24, 2.45) is 10.4 Å². The number of nitrogens with zero attached hydrogens (tertiary/aromatic N) is 3. The standard InChI is InChI=1S/C17H28N4O.HI/c1-4-18-16(19-11-15-20-13(2)14(3)22-15)21-10-9-17(12-21)7-5-6-8-17;/h4-12H2,1-3H3,(H,18,19);1H. The second kappa shape index (κ2) is 7.85. The lowest BCUT2D eigenvalue weighted by molar-refractivity contribution is 0.309. The van der Waals surface area contributed by atoms with Gasteiger partial charge in [-0.05, 0) is 45.4 Å². The van der Waals surface area contributed by atoms with Gasteiger partial charge < -0.3 is 14.6 Å². The van der Waals surface area contributed by atoms with Gasteiger partial charge >= 0.3 is 0 Å². The highest BCUT2D eigenvalue weighted by molar-refractivity contribution is 14.0. The summed E-state index contributed by atoms with van der Waals surface area (Å²) in [6, 6.07) is 0. The fourth-order valence-corrected chi connectivity index (χ4v) is 3.82. The first-order valence-corrected chi connectivity index (χ1v) is 8.58. The first-order valence-electron chi connectivity index (χ1n) is 8.58. The first kappa shape index (κ1) is 18.5. The molecule has 0 atom stereocenters. The number of oxazole rings is 1. The van der Waals surface area contributed by atoms with Gasteiger partial charge in [-0.15, -0.1) is 24.0 Å². The topological polar surface area (TPSA) is 53.7 Å². The van der Waals surface area contributed by atoms with Gasteiger partial charge in [-0.2, -0.15) is 0 Å². The van der Waals surface area contributed by atoms with E-state index in [4.69, 9.17) is 9.41 Å². The van der Waals surface area contributed by atoms with Crippen LogP contribution in [0.2, 0.25) is 0 Å². The van der Waals surface area contributed by atoms with Crippen molar-refractivity contribution in [3.8, 4) is 0 Å².